The van der Waals surface area contributed by atoms with Crippen molar-refractivity contribution in [1.82, 2.24) is 0 Å². The van der Waals surface area contributed by atoms with E-state index in [1.54, 1.807) is 6.07 Å². The Labute approximate surface area is 176 Å². The fraction of sp³-hybridized carbons (Fsp3) is 0.333. The summed E-state index contributed by atoms with van der Waals surface area (Å²) >= 11 is 0. The van der Waals surface area contributed by atoms with Crippen molar-refractivity contribution in [3.63, 3.8) is 0 Å². The molecule has 0 amide bonds. The number of nitrogens with one attached hydrogen (secondary N) is 1. The van der Waals surface area contributed by atoms with E-state index in [0.717, 1.165) is 6.26 Å². The molecule has 0 saturated carbocycles. The minimum Gasteiger partial charge on any atom is -0.493 e. The van der Waals surface area contributed by atoms with E-state index in [4.69, 9.17) is 14.2 Å². The maximum atomic E-state index is 12.5. The van der Waals surface area contributed by atoms with Crippen LogP contribution in [-0.2, 0) is 14.8 Å². The highest BCUT2D eigenvalue weighted by molar-refractivity contribution is 7.92. The number of hydrogen-bond acceptors (Lipinski definition) is 7. The van der Waals surface area contributed by atoms with Crippen LogP contribution in [0.4, 0.5) is 5.69 Å². The SMILES string of the molecule is COc1cc(C(=O)OC(C)C(=O)c2ccc(NS(C)(=O)=O)cc2)ccc1OC(C)C. The van der Waals surface area contributed by atoms with Gasteiger partial charge in [-0.05, 0) is 63.2 Å². The molecule has 2 aromatic carbocycles. The normalized spacial score (nSPS) is 12.2. The van der Waals surface area contributed by atoms with Crippen LogP contribution < -0.4 is 14.2 Å². The lowest BCUT2D eigenvalue weighted by Crippen LogP contribution is -2.24. The summed E-state index contributed by atoms with van der Waals surface area (Å²) in [4.78, 5) is 25.0. The molecule has 0 aliphatic heterocycles. The smallest absolute Gasteiger partial charge is 0.338 e. The van der Waals surface area contributed by atoms with Crippen molar-refractivity contribution >= 4 is 27.5 Å². The number of carbonyl (C=O) groups excluding carboxylic acids is 2. The first kappa shape index (κ1) is 23.2. The highest BCUT2D eigenvalue weighted by Gasteiger charge is 2.21. The second-order valence-electron chi connectivity index (χ2n) is 6.90. The second kappa shape index (κ2) is 9.62. The van der Waals surface area contributed by atoms with Gasteiger partial charge in [-0.3, -0.25) is 9.52 Å². The average Bonchev–Trinajstić information content (AvgIpc) is 2.66. The van der Waals surface area contributed by atoms with Crippen LogP contribution in [0.1, 0.15) is 41.5 Å². The van der Waals surface area contributed by atoms with E-state index in [1.807, 2.05) is 13.8 Å². The van der Waals surface area contributed by atoms with Crippen LogP contribution in [0.3, 0.4) is 0 Å². The van der Waals surface area contributed by atoms with Crippen molar-refractivity contribution in [2.75, 3.05) is 18.1 Å². The van der Waals surface area contributed by atoms with E-state index in [1.165, 1.54) is 50.4 Å². The molecule has 9 heteroatoms. The lowest BCUT2D eigenvalue weighted by Gasteiger charge is -2.16. The number of sulfonamides is 1. The number of methoxy groups -OCH3 is 1. The zero-order valence-corrected chi connectivity index (χ0v) is 18.3. The van der Waals surface area contributed by atoms with Crippen molar-refractivity contribution < 1.29 is 32.2 Å². The lowest BCUT2D eigenvalue weighted by molar-refractivity contribution is 0.0318. The predicted molar refractivity (Wildman–Crippen MR) is 113 cm³/mol. The molecule has 0 saturated heterocycles. The molecular weight excluding hydrogens is 410 g/mol. The van der Waals surface area contributed by atoms with Gasteiger partial charge in [0.25, 0.3) is 0 Å². The molecule has 30 heavy (non-hydrogen) atoms. The molecule has 0 bridgehead atoms. The van der Waals surface area contributed by atoms with E-state index in [2.05, 4.69) is 4.72 Å². The van der Waals surface area contributed by atoms with Gasteiger partial charge in [-0.25, -0.2) is 13.2 Å². The Morgan fingerprint density at radius 1 is 0.933 bits per heavy atom. The molecule has 0 heterocycles. The third-order valence-corrected chi connectivity index (χ3v) is 4.49. The first-order chi connectivity index (χ1) is 14.0. The number of ether oxygens (including phenoxy) is 3. The molecule has 0 radical (unpaired) electrons. The molecule has 2 rings (SSSR count). The number of carbonyl (C=O) groups is 2. The van der Waals surface area contributed by atoms with E-state index < -0.39 is 27.9 Å². The van der Waals surface area contributed by atoms with E-state index in [-0.39, 0.29) is 17.2 Å². The summed E-state index contributed by atoms with van der Waals surface area (Å²) in [6.45, 7) is 5.22. The Morgan fingerprint density at radius 3 is 2.07 bits per heavy atom. The standard InChI is InChI=1S/C21H25NO7S/c1-13(2)28-18-11-8-16(12-19(18)27-4)21(24)29-14(3)20(23)15-6-9-17(10-7-15)22-30(5,25)26/h6-14,22H,1-5H3. The van der Waals surface area contributed by atoms with Gasteiger partial charge in [-0.15, -0.1) is 0 Å². The monoisotopic (exact) mass is 435 g/mol. The third-order valence-electron chi connectivity index (χ3n) is 3.89. The molecule has 1 atom stereocenters. The lowest BCUT2D eigenvalue weighted by atomic mass is 10.1. The quantitative estimate of drug-likeness (QED) is 0.476. The summed E-state index contributed by atoms with van der Waals surface area (Å²) in [5, 5.41) is 0. The van der Waals surface area contributed by atoms with Gasteiger partial charge in [-0.2, -0.15) is 0 Å². The van der Waals surface area contributed by atoms with Gasteiger partial charge in [0, 0.05) is 11.3 Å². The zero-order valence-electron chi connectivity index (χ0n) is 17.5. The summed E-state index contributed by atoms with van der Waals surface area (Å²) < 4.78 is 41.0. The van der Waals surface area contributed by atoms with E-state index in [9.17, 15) is 18.0 Å². The fourth-order valence-corrected chi connectivity index (χ4v) is 3.14. The van der Waals surface area contributed by atoms with Gasteiger partial charge in [0.05, 0.1) is 25.0 Å². The molecular formula is C21H25NO7S. The minimum absolute atomic E-state index is 0.0617. The van der Waals surface area contributed by atoms with Gasteiger partial charge in [0.15, 0.2) is 17.6 Å². The molecule has 8 nitrogen and oxygen atoms in total. The number of esters is 1. The van der Waals surface area contributed by atoms with Crippen LogP contribution in [0.2, 0.25) is 0 Å². The number of Topliss-reactive ketones (excluding diaryl/α,β-unsaturated/α-hetero) is 1. The first-order valence-corrected chi connectivity index (χ1v) is 11.1. The van der Waals surface area contributed by atoms with Gasteiger partial charge in [-0.1, -0.05) is 0 Å². The molecule has 0 aromatic heterocycles. The maximum Gasteiger partial charge on any atom is 0.338 e. The summed E-state index contributed by atoms with van der Waals surface area (Å²) in [5.74, 6) is -0.219. The highest BCUT2D eigenvalue weighted by atomic mass is 32.2. The minimum atomic E-state index is -3.41. The highest BCUT2D eigenvalue weighted by Crippen LogP contribution is 2.29. The molecule has 2 aromatic rings. The second-order valence-corrected chi connectivity index (χ2v) is 8.64. The maximum absolute atomic E-state index is 12.5. The number of rotatable bonds is 9. The molecule has 0 aliphatic rings. The van der Waals surface area contributed by atoms with Crippen molar-refractivity contribution in [2.45, 2.75) is 33.0 Å². The van der Waals surface area contributed by atoms with Gasteiger partial charge < -0.3 is 14.2 Å². The van der Waals surface area contributed by atoms with Crippen molar-refractivity contribution in [3.8, 4) is 11.5 Å². The van der Waals surface area contributed by atoms with Crippen LogP contribution in [0.15, 0.2) is 42.5 Å². The molecule has 0 aliphatic carbocycles. The summed E-state index contributed by atoms with van der Waals surface area (Å²) in [6, 6.07) is 10.5. The zero-order chi connectivity index (χ0) is 22.5. The number of hydrogen-bond donors (Lipinski definition) is 1. The fourth-order valence-electron chi connectivity index (χ4n) is 2.58. The van der Waals surface area contributed by atoms with Crippen LogP contribution in [0.25, 0.3) is 0 Å². The summed E-state index contributed by atoms with van der Waals surface area (Å²) in [5.41, 5.74) is 0.831. The van der Waals surface area contributed by atoms with Crippen LogP contribution in [0, 0.1) is 0 Å². The van der Waals surface area contributed by atoms with Crippen molar-refractivity contribution in [2.24, 2.45) is 0 Å². The predicted octanol–water partition coefficient (Wildman–Crippen LogP) is 3.28. The molecule has 1 unspecified atom stereocenters. The molecule has 162 valence electrons. The number of anilines is 1. The van der Waals surface area contributed by atoms with Crippen LogP contribution >= 0.6 is 0 Å². The first-order valence-electron chi connectivity index (χ1n) is 9.18. The van der Waals surface area contributed by atoms with E-state index in [0.29, 0.717) is 17.2 Å². The van der Waals surface area contributed by atoms with Crippen LogP contribution in [0.5, 0.6) is 11.5 Å². The van der Waals surface area contributed by atoms with Crippen LogP contribution in [-0.4, -0.2) is 45.7 Å². The van der Waals surface area contributed by atoms with Gasteiger partial charge >= 0.3 is 5.97 Å². The van der Waals surface area contributed by atoms with Crippen molar-refractivity contribution in [3.05, 3.63) is 53.6 Å². The van der Waals surface area contributed by atoms with E-state index >= 15 is 0 Å². The summed E-state index contributed by atoms with van der Waals surface area (Å²) in [6.07, 6.45) is -0.0680. The molecule has 1 N–H and O–H groups in total. The molecule has 0 fully saturated rings. The number of ketones is 1. The summed E-state index contributed by atoms with van der Waals surface area (Å²) in [7, 11) is -1.95. The Bertz CT molecular complexity index is 1010. The Kier molecular flexibility index (Phi) is 7.44. The topological polar surface area (TPSA) is 108 Å². The van der Waals surface area contributed by atoms with Gasteiger partial charge in [0.1, 0.15) is 0 Å². The number of benzene rings is 2. The Hall–Kier alpha value is -3.07. The Morgan fingerprint density at radius 2 is 1.53 bits per heavy atom. The Balaban J connectivity index is 2.08. The largest absolute Gasteiger partial charge is 0.493 e. The molecule has 0 spiro atoms. The average molecular weight is 435 g/mol. The third kappa shape index (κ3) is 6.48. The van der Waals surface area contributed by atoms with Crippen molar-refractivity contribution in [1.29, 1.82) is 0 Å². The van der Waals surface area contributed by atoms with Gasteiger partial charge in [0.2, 0.25) is 15.8 Å².